The molecular formula is C34H36N8O5S. The third-order valence-corrected chi connectivity index (χ3v) is 9.67. The van der Waals surface area contributed by atoms with Crippen molar-refractivity contribution in [3.05, 3.63) is 83.4 Å². The van der Waals surface area contributed by atoms with Crippen molar-refractivity contribution < 1.29 is 23.9 Å². The summed E-state index contributed by atoms with van der Waals surface area (Å²) in [5, 5.41) is 9.67. The van der Waals surface area contributed by atoms with E-state index in [1.807, 2.05) is 61.5 Å². The summed E-state index contributed by atoms with van der Waals surface area (Å²) in [4.78, 5) is 61.8. The van der Waals surface area contributed by atoms with Gasteiger partial charge >= 0.3 is 6.03 Å². The summed E-state index contributed by atoms with van der Waals surface area (Å²) in [5.74, 6) is -0.166. The number of hydrazine groups is 1. The van der Waals surface area contributed by atoms with E-state index in [1.165, 1.54) is 11.3 Å². The van der Waals surface area contributed by atoms with Crippen LogP contribution in [0.15, 0.2) is 66.7 Å². The molecule has 2 saturated heterocycles. The molecule has 0 saturated carbocycles. The van der Waals surface area contributed by atoms with E-state index >= 15 is 0 Å². The van der Waals surface area contributed by atoms with E-state index in [0.29, 0.717) is 36.1 Å². The summed E-state index contributed by atoms with van der Waals surface area (Å²) in [6, 6.07) is 19.6. The number of nitrogen functional groups attached to an aromatic ring is 1. The van der Waals surface area contributed by atoms with Gasteiger partial charge in [0.2, 0.25) is 11.8 Å². The fourth-order valence-corrected chi connectivity index (χ4v) is 7.43. The second-order valence-corrected chi connectivity index (χ2v) is 13.1. The molecule has 3 aromatic carbocycles. The van der Waals surface area contributed by atoms with Crippen molar-refractivity contribution in [2.24, 2.45) is 0 Å². The monoisotopic (exact) mass is 668 g/mol. The molecule has 4 aromatic rings. The third-order valence-electron chi connectivity index (χ3n) is 8.82. The largest absolute Gasteiger partial charge is 0.482 e. The summed E-state index contributed by atoms with van der Waals surface area (Å²) in [7, 11) is 0. The van der Waals surface area contributed by atoms with Crippen LogP contribution >= 0.6 is 11.3 Å². The Kier molecular flexibility index (Phi) is 8.58. The first kappa shape index (κ1) is 31.4. The number of carbonyl (C=O) groups excluding carboxylic acids is 4. The lowest BCUT2D eigenvalue weighted by Gasteiger charge is -2.46. The Bertz CT molecular complexity index is 1880. The minimum atomic E-state index is -0.852. The van der Waals surface area contributed by atoms with Crippen LogP contribution in [0.25, 0.3) is 10.2 Å². The minimum absolute atomic E-state index is 0.0483. The highest BCUT2D eigenvalue weighted by Crippen LogP contribution is 2.34. The van der Waals surface area contributed by atoms with Crippen LogP contribution in [-0.4, -0.2) is 87.0 Å². The predicted molar refractivity (Wildman–Crippen MR) is 181 cm³/mol. The van der Waals surface area contributed by atoms with Crippen LogP contribution in [0.4, 0.5) is 15.6 Å². The number of piperazine rings is 1. The maximum absolute atomic E-state index is 14.4. The molecular weight excluding hydrogens is 632 g/mol. The number of nitrogens with two attached hydrogens (primary N) is 1. The van der Waals surface area contributed by atoms with Crippen LogP contribution in [0, 0.1) is 0 Å². The Morgan fingerprint density at radius 1 is 1.10 bits per heavy atom. The lowest BCUT2D eigenvalue weighted by atomic mass is 9.99. The zero-order valence-electron chi connectivity index (χ0n) is 26.4. The number of fused-ring (bicyclic) bond motifs is 3. The summed E-state index contributed by atoms with van der Waals surface area (Å²) in [6.07, 6.45) is 0.282. The van der Waals surface area contributed by atoms with E-state index in [-0.39, 0.29) is 56.4 Å². The average Bonchev–Trinajstić information content (AvgIpc) is 3.63. The molecule has 4 heterocycles. The number of anilines is 2. The molecule has 0 bridgehead atoms. The highest BCUT2D eigenvalue weighted by Gasteiger charge is 2.52. The van der Waals surface area contributed by atoms with Crippen LogP contribution in [0.3, 0.4) is 0 Å². The van der Waals surface area contributed by atoms with Gasteiger partial charge in [-0.2, -0.15) is 5.01 Å². The number of ether oxygens (including phenoxy) is 1. The van der Waals surface area contributed by atoms with E-state index < -0.39 is 12.2 Å². The maximum atomic E-state index is 14.4. The Morgan fingerprint density at radius 3 is 2.75 bits per heavy atom. The number of nitrogens with one attached hydrogen (secondary N) is 2. The minimum Gasteiger partial charge on any atom is -0.482 e. The number of carbonyl (C=O) groups is 4. The van der Waals surface area contributed by atoms with E-state index in [2.05, 4.69) is 15.6 Å². The van der Waals surface area contributed by atoms with Gasteiger partial charge in [0.05, 0.1) is 29.0 Å². The fraction of sp³-hybridized carbons (Fsp3) is 0.324. The Balaban J connectivity index is 1.21. The van der Waals surface area contributed by atoms with E-state index in [1.54, 1.807) is 32.0 Å². The fourth-order valence-electron chi connectivity index (χ4n) is 6.65. The number of aromatic nitrogens is 1. The number of thiazole rings is 1. The molecule has 0 aliphatic carbocycles. The van der Waals surface area contributed by atoms with E-state index in [9.17, 15) is 19.2 Å². The molecule has 248 valence electrons. The number of nitrogens with zero attached hydrogens (tertiary/aromatic N) is 5. The van der Waals surface area contributed by atoms with Crippen LogP contribution in [0.1, 0.15) is 30.0 Å². The number of hydrogen-bond donors (Lipinski definition) is 3. The third kappa shape index (κ3) is 6.11. The Morgan fingerprint density at radius 2 is 1.94 bits per heavy atom. The van der Waals surface area contributed by atoms with Gasteiger partial charge in [0.15, 0.2) is 11.7 Å². The maximum Gasteiger partial charge on any atom is 0.332 e. The molecule has 1 aromatic heterocycles. The molecule has 14 heteroatoms. The van der Waals surface area contributed by atoms with E-state index in [4.69, 9.17) is 10.5 Å². The van der Waals surface area contributed by atoms with Crippen molar-refractivity contribution in [3.8, 4) is 5.75 Å². The molecule has 48 heavy (non-hydrogen) atoms. The molecule has 5 amide bonds. The summed E-state index contributed by atoms with van der Waals surface area (Å²) < 4.78 is 6.45. The quantitative estimate of drug-likeness (QED) is 0.246. The molecule has 3 aliphatic rings. The second-order valence-electron chi connectivity index (χ2n) is 12.1. The van der Waals surface area contributed by atoms with Gasteiger partial charge in [-0.1, -0.05) is 66.8 Å². The van der Waals surface area contributed by atoms with Gasteiger partial charge < -0.3 is 30.9 Å². The lowest BCUT2D eigenvalue weighted by Crippen LogP contribution is -2.66. The van der Waals surface area contributed by atoms with Crippen LogP contribution in [0.5, 0.6) is 5.75 Å². The van der Waals surface area contributed by atoms with Crippen LogP contribution in [0.2, 0.25) is 0 Å². The van der Waals surface area contributed by atoms with Crippen molar-refractivity contribution in [1.82, 2.24) is 30.1 Å². The van der Waals surface area contributed by atoms with Crippen molar-refractivity contribution in [2.45, 2.75) is 45.1 Å². The van der Waals surface area contributed by atoms with Gasteiger partial charge in [-0.3, -0.25) is 19.4 Å². The molecule has 0 radical (unpaired) electrons. The molecule has 1 unspecified atom stereocenters. The molecule has 0 spiro atoms. The van der Waals surface area contributed by atoms with Gasteiger partial charge in [-0.05, 0) is 41.3 Å². The summed E-state index contributed by atoms with van der Waals surface area (Å²) in [6.45, 7) is 3.04. The number of hydrogen-bond acceptors (Lipinski definition) is 9. The lowest BCUT2D eigenvalue weighted by molar-refractivity contribution is -0.157. The zero-order chi connectivity index (χ0) is 33.4. The first-order valence-corrected chi connectivity index (χ1v) is 16.8. The van der Waals surface area contributed by atoms with Gasteiger partial charge in [0.1, 0.15) is 18.0 Å². The van der Waals surface area contributed by atoms with Crippen LogP contribution in [-0.2, 0) is 33.9 Å². The standard InChI is InChI=1S/C34H36N8O5S/c1-2-13-40(34(46)36-16-21-7-4-3-5-8-21)41-19-30(44)42-25(15-22-11-12-26-24(14-22)37-28(43)20-47-26)32(45)39(18-29(41)42)17-23-9-6-10-27-31(23)38-33(35)48-27/h3-12,14,25,29H,2,13,15-20H2,1H3,(H2,35,38)(H,36,46)(H,37,43)/t25?,29-/m1/s1. The highest BCUT2D eigenvalue weighted by atomic mass is 32.1. The van der Waals surface area contributed by atoms with Gasteiger partial charge in [0, 0.05) is 26.1 Å². The molecule has 2 fully saturated rings. The van der Waals surface area contributed by atoms with Gasteiger partial charge in [0.25, 0.3) is 5.91 Å². The predicted octanol–water partition coefficient (Wildman–Crippen LogP) is 3.17. The summed E-state index contributed by atoms with van der Waals surface area (Å²) >= 11 is 1.39. The molecule has 2 atom stereocenters. The molecule has 3 aliphatic heterocycles. The second kappa shape index (κ2) is 13.1. The number of benzene rings is 3. The topological polar surface area (TPSA) is 153 Å². The van der Waals surface area contributed by atoms with E-state index in [0.717, 1.165) is 26.9 Å². The van der Waals surface area contributed by atoms with Crippen LogP contribution < -0.4 is 21.1 Å². The van der Waals surface area contributed by atoms with Gasteiger partial charge in [-0.15, -0.1) is 0 Å². The number of urea groups is 1. The first-order chi connectivity index (χ1) is 23.3. The molecule has 13 nitrogen and oxygen atoms in total. The summed E-state index contributed by atoms with van der Waals surface area (Å²) in [5.41, 5.74) is 9.85. The Labute approximate surface area is 281 Å². The zero-order valence-corrected chi connectivity index (χ0v) is 27.2. The number of amides is 5. The van der Waals surface area contributed by atoms with Crippen molar-refractivity contribution in [1.29, 1.82) is 0 Å². The highest BCUT2D eigenvalue weighted by molar-refractivity contribution is 7.22. The van der Waals surface area contributed by atoms with Crippen molar-refractivity contribution in [2.75, 3.05) is 37.3 Å². The Hall–Kier alpha value is -5.21. The normalized spacial score (nSPS) is 19.1. The average molecular weight is 669 g/mol. The number of para-hydroxylation sites is 1. The number of rotatable bonds is 9. The van der Waals surface area contributed by atoms with Gasteiger partial charge in [-0.25, -0.2) is 9.78 Å². The molecule has 4 N–H and O–H groups in total. The first-order valence-electron chi connectivity index (χ1n) is 15.9. The van der Waals surface area contributed by atoms with Crippen molar-refractivity contribution >= 4 is 56.1 Å². The smallest absolute Gasteiger partial charge is 0.332 e. The SMILES string of the molecule is CCCN(C(=O)NCc1ccccc1)N1CC(=O)N2C(Cc3ccc4c(c3)NC(=O)CO4)C(=O)N(Cc3cccc4sc(N)nc34)C[C@@H]21. The van der Waals surface area contributed by atoms with Crippen molar-refractivity contribution in [3.63, 3.8) is 0 Å². The molecule has 7 rings (SSSR count).